The molecule has 0 bridgehead atoms. The highest BCUT2D eigenvalue weighted by Gasteiger charge is 2.51. The van der Waals surface area contributed by atoms with Crippen LogP contribution in [0.25, 0.3) is 97.0 Å². The van der Waals surface area contributed by atoms with E-state index in [1.54, 1.807) is 0 Å². The van der Waals surface area contributed by atoms with Gasteiger partial charge in [-0.1, -0.05) is 164 Å². The van der Waals surface area contributed by atoms with Gasteiger partial charge in [0.25, 0.3) is 0 Å². The van der Waals surface area contributed by atoms with Gasteiger partial charge in [0.05, 0.1) is 5.41 Å². The van der Waals surface area contributed by atoms with Crippen molar-refractivity contribution in [1.82, 2.24) is 0 Å². The molecule has 0 aliphatic heterocycles. The molecular formula is C55H32S. The highest BCUT2D eigenvalue weighted by Crippen LogP contribution is 2.63. The van der Waals surface area contributed by atoms with E-state index in [0.717, 1.165) is 0 Å². The van der Waals surface area contributed by atoms with Gasteiger partial charge >= 0.3 is 0 Å². The molecule has 56 heavy (non-hydrogen) atoms. The Bertz CT molecular complexity index is 3440. The number of hydrogen-bond acceptors (Lipinski definition) is 1. The van der Waals surface area contributed by atoms with Gasteiger partial charge in [0.2, 0.25) is 0 Å². The van der Waals surface area contributed by atoms with Gasteiger partial charge < -0.3 is 0 Å². The van der Waals surface area contributed by atoms with Crippen LogP contribution < -0.4 is 0 Å². The van der Waals surface area contributed by atoms with Crippen LogP contribution in [-0.2, 0) is 5.41 Å². The van der Waals surface area contributed by atoms with Gasteiger partial charge in [0, 0.05) is 20.2 Å². The molecule has 0 saturated carbocycles. The fraction of sp³-hybridized carbons (Fsp3) is 0.0182. The van der Waals surface area contributed by atoms with Crippen LogP contribution in [0.4, 0.5) is 0 Å². The number of rotatable bonds is 2. The Morgan fingerprint density at radius 1 is 0.268 bits per heavy atom. The first kappa shape index (κ1) is 30.5. The van der Waals surface area contributed by atoms with Gasteiger partial charge in [-0.15, -0.1) is 11.3 Å². The van der Waals surface area contributed by atoms with Crippen molar-refractivity contribution in [2.24, 2.45) is 0 Å². The Kier molecular flexibility index (Phi) is 6.07. The van der Waals surface area contributed by atoms with E-state index in [2.05, 4.69) is 194 Å². The smallest absolute Gasteiger partial charge is 0.0725 e. The van der Waals surface area contributed by atoms with Gasteiger partial charge in [0.1, 0.15) is 0 Å². The first-order valence-corrected chi connectivity index (χ1v) is 20.3. The third-order valence-electron chi connectivity index (χ3n) is 12.9. The monoisotopic (exact) mass is 724 g/mol. The molecule has 0 saturated heterocycles. The molecule has 2 aliphatic carbocycles. The molecule has 0 atom stereocenters. The summed E-state index contributed by atoms with van der Waals surface area (Å²) in [6.45, 7) is 0. The summed E-state index contributed by atoms with van der Waals surface area (Å²) in [5.41, 5.74) is 15.5. The van der Waals surface area contributed by atoms with Gasteiger partial charge in [-0.25, -0.2) is 0 Å². The van der Waals surface area contributed by atoms with Crippen molar-refractivity contribution in [2.45, 2.75) is 5.41 Å². The fourth-order valence-corrected chi connectivity index (χ4v) is 11.8. The molecule has 0 amide bonds. The van der Waals surface area contributed by atoms with Crippen molar-refractivity contribution < 1.29 is 0 Å². The SMILES string of the molecule is c1cc(-c2ccc3c(c2)c2ccccc2c2cc4c(cc32)C2(c3ccccc3-c3ccccc32)c2ccccc2-4)cc(-c2cccc3c2sc2ccccc23)c1. The van der Waals surface area contributed by atoms with E-state index >= 15 is 0 Å². The minimum Gasteiger partial charge on any atom is -0.135 e. The molecule has 0 unspecified atom stereocenters. The van der Waals surface area contributed by atoms with Gasteiger partial charge in [0.15, 0.2) is 0 Å². The average molecular weight is 725 g/mol. The van der Waals surface area contributed by atoms with Crippen LogP contribution in [0.1, 0.15) is 22.3 Å². The fourth-order valence-electron chi connectivity index (χ4n) is 10.6. The molecule has 0 nitrogen and oxygen atoms in total. The minimum absolute atomic E-state index is 0.372. The summed E-state index contributed by atoms with van der Waals surface area (Å²) >= 11 is 1.89. The second-order valence-electron chi connectivity index (χ2n) is 15.5. The van der Waals surface area contributed by atoms with Crippen LogP contribution in [0.3, 0.4) is 0 Å². The van der Waals surface area contributed by atoms with Crippen molar-refractivity contribution >= 4 is 63.8 Å². The van der Waals surface area contributed by atoms with Crippen LogP contribution in [0.2, 0.25) is 0 Å². The number of hydrogen-bond donors (Lipinski definition) is 0. The summed E-state index contributed by atoms with van der Waals surface area (Å²) in [7, 11) is 0. The first-order chi connectivity index (χ1) is 27.8. The second-order valence-corrected chi connectivity index (χ2v) is 16.5. The van der Waals surface area contributed by atoms with Crippen LogP contribution in [0.15, 0.2) is 194 Å². The second kappa shape index (κ2) is 11.1. The van der Waals surface area contributed by atoms with E-state index in [0.29, 0.717) is 0 Å². The molecule has 2 aliphatic rings. The average Bonchev–Trinajstić information content (AvgIpc) is 3.90. The van der Waals surface area contributed by atoms with E-state index in [4.69, 9.17) is 0 Å². The van der Waals surface area contributed by atoms with E-state index in [1.807, 2.05) is 11.3 Å². The summed E-state index contributed by atoms with van der Waals surface area (Å²) in [6, 6.07) is 73.2. The molecule has 13 rings (SSSR count). The predicted octanol–water partition coefficient (Wildman–Crippen LogP) is 15.2. The maximum absolute atomic E-state index is 2.56. The normalized spacial score (nSPS) is 13.5. The van der Waals surface area contributed by atoms with Gasteiger partial charge in [-0.3, -0.25) is 0 Å². The lowest BCUT2D eigenvalue weighted by molar-refractivity contribution is 0.795. The standard InChI is InChI=1S/C55H32S/c1-2-16-38-37(15-1)45-30-34(33-13-11-14-35(29-33)36-21-12-22-44-43-20-6-10-26-53(43)56-54(36)44)27-28-39(45)47-32-52-48(31-46(38)47)42-19-5-9-25-51(42)55(52)49-23-7-3-17-40(49)41-18-4-8-24-50(41)55/h1-32H. The largest absolute Gasteiger partial charge is 0.135 e. The lowest BCUT2D eigenvalue weighted by Gasteiger charge is -2.30. The Morgan fingerprint density at radius 2 is 0.768 bits per heavy atom. The van der Waals surface area contributed by atoms with Crippen LogP contribution >= 0.6 is 11.3 Å². The summed E-state index contributed by atoms with van der Waals surface area (Å²) in [5, 5.41) is 10.5. The van der Waals surface area contributed by atoms with Crippen molar-refractivity contribution in [3.05, 3.63) is 216 Å². The molecule has 1 heteroatoms. The molecule has 1 spiro atoms. The highest BCUT2D eigenvalue weighted by atomic mass is 32.1. The van der Waals surface area contributed by atoms with Crippen LogP contribution in [0.5, 0.6) is 0 Å². The van der Waals surface area contributed by atoms with Gasteiger partial charge in [-0.05, 0) is 129 Å². The maximum Gasteiger partial charge on any atom is 0.0725 e. The molecule has 11 aromatic rings. The van der Waals surface area contributed by atoms with Crippen molar-refractivity contribution in [2.75, 3.05) is 0 Å². The molecule has 258 valence electrons. The van der Waals surface area contributed by atoms with Crippen molar-refractivity contribution in [3.63, 3.8) is 0 Å². The molecule has 1 aromatic heterocycles. The van der Waals surface area contributed by atoms with E-state index in [1.165, 1.54) is 119 Å². The summed E-state index contributed by atoms with van der Waals surface area (Å²) in [4.78, 5) is 0. The van der Waals surface area contributed by atoms with E-state index in [9.17, 15) is 0 Å². The Hall–Kier alpha value is -6.80. The molecule has 0 fully saturated rings. The first-order valence-electron chi connectivity index (χ1n) is 19.5. The molecule has 1 heterocycles. The zero-order valence-electron chi connectivity index (χ0n) is 30.4. The number of fused-ring (bicyclic) bond motifs is 19. The number of thiophene rings is 1. The Labute approximate surface area is 328 Å². The Balaban J connectivity index is 1.06. The third-order valence-corrected chi connectivity index (χ3v) is 14.1. The van der Waals surface area contributed by atoms with Crippen molar-refractivity contribution in [3.8, 4) is 44.5 Å². The van der Waals surface area contributed by atoms with Gasteiger partial charge in [-0.2, -0.15) is 0 Å². The lowest BCUT2D eigenvalue weighted by atomic mass is 9.70. The predicted molar refractivity (Wildman–Crippen MR) is 239 cm³/mol. The Morgan fingerprint density at radius 3 is 1.50 bits per heavy atom. The van der Waals surface area contributed by atoms with E-state index in [-0.39, 0.29) is 5.41 Å². The highest BCUT2D eigenvalue weighted by molar-refractivity contribution is 7.26. The molecule has 0 N–H and O–H groups in total. The summed E-state index contributed by atoms with van der Waals surface area (Å²) in [6.07, 6.45) is 0. The van der Waals surface area contributed by atoms with Crippen LogP contribution in [0, 0.1) is 0 Å². The lowest BCUT2D eigenvalue weighted by Crippen LogP contribution is -2.25. The molecule has 0 radical (unpaired) electrons. The zero-order valence-corrected chi connectivity index (χ0v) is 31.2. The number of benzene rings is 10. The zero-order chi connectivity index (χ0) is 36.5. The molecular weight excluding hydrogens is 693 g/mol. The van der Waals surface area contributed by atoms with Crippen LogP contribution in [-0.4, -0.2) is 0 Å². The minimum atomic E-state index is -0.372. The topological polar surface area (TPSA) is 0 Å². The molecule has 10 aromatic carbocycles. The summed E-state index contributed by atoms with van der Waals surface area (Å²) < 4.78 is 2.68. The maximum atomic E-state index is 2.56. The third kappa shape index (κ3) is 3.88. The quantitative estimate of drug-likeness (QED) is 0.156. The van der Waals surface area contributed by atoms with Crippen molar-refractivity contribution in [1.29, 1.82) is 0 Å². The summed E-state index contributed by atoms with van der Waals surface area (Å²) in [5.74, 6) is 0. The van der Waals surface area contributed by atoms with E-state index < -0.39 is 0 Å².